The predicted molar refractivity (Wildman–Crippen MR) is 85.8 cm³/mol. The Kier molecular flexibility index (Phi) is 3.35. The fourth-order valence-electron chi connectivity index (χ4n) is 2.20. The van der Waals surface area contributed by atoms with E-state index in [0.717, 1.165) is 16.6 Å². The highest BCUT2D eigenvalue weighted by Crippen LogP contribution is 2.23. The van der Waals surface area contributed by atoms with Crippen LogP contribution in [0.15, 0.2) is 48.5 Å². The highest BCUT2D eigenvalue weighted by Gasteiger charge is 2.11. The number of nitrogens with two attached hydrogens (primary N) is 1. The molecular weight excluding hydrogens is 284 g/mol. The van der Waals surface area contributed by atoms with E-state index < -0.39 is 0 Å². The molecule has 0 spiro atoms. The number of aryl methyl sites for hydroxylation is 1. The van der Waals surface area contributed by atoms with Gasteiger partial charge in [0.25, 0.3) is 0 Å². The van der Waals surface area contributed by atoms with Crippen molar-refractivity contribution in [2.75, 3.05) is 5.73 Å². The molecule has 0 fully saturated rings. The van der Waals surface area contributed by atoms with Gasteiger partial charge in [-0.3, -0.25) is 9.78 Å². The maximum absolute atomic E-state index is 12.5. The van der Waals surface area contributed by atoms with Crippen LogP contribution in [0.25, 0.3) is 10.9 Å². The number of fused-ring (bicyclic) bond motifs is 1. The molecule has 0 saturated carbocycles. The molecule has 0 saturated heterocycles. The van der Waals surface area contributed by atoms with Crippen LogP contribution in [0.4, 0.5) is 5.69 Å². The van der Waals surface area contributed by atoms with Gasteiger partial charge in [-0.2, -0.15) is 0 Å². The molecule has 0 bridgehead atoms. The van der Waals surface area contributed by atoms with E-state index in [1.165, 1.54) is 0 Å². The average Bonchev–Trinajstić information content (AvgIpc) is 2.49. The normalized spacial score (nSPS) is 10.8. The van der Waals surface area contributed by atoms with Crippen LogP contribution in [0.2, 0.25) is 5.02 Å². The molecule has 0 unspecified atom stereocenters. The molecule has 0 aliphatic heterocycles. The van der Waals surface area contributed by atoms with Gasteiger partial charge < -0.3 is 5.73 Å². The van der Waals surface area contributed by atoms with Crippen molar-refractivity contribution in [1.82, 2.24) is 4.98 Å². The lowest BCUT2D eigenvalue weighted by atomic mass is 10.0. The molecule has 3 aromatic rings. The van der Waals surface area contributed by atoms with Gasteiger partial charge in [0.05, 0.1) is 16.2 Å². The maximum atomic E-state index is 12.5. The minimum absolute atomic E-state index is 0.0839. The second kappa shape index (κ2) is 5.19. The van der Waals surface area contributed by atoms with Crippen molar-refractivity contribution in [3.8, 4) is 0 Å². The fourth-order valence-corrected chi connectivity index (χ4v) is 2.38. The smallest absolute Gasteiger partial charge is 0.193 e. The number of pyridine rings is 1. The molecule has 3 nitrogen and oxygen atoms in total. The number of anilines is 1. The van der Waals surface area contributed by atoms with E-state index in [0.29, 0.717) is 21.8 Å². The van der Waals surface area contributed by atoms with E-state index in [2.05, 4.69) is 4.98 Å². The van der Waals surface area contributed by atoms with E-state index in [1.807, 2.05) is 31.2 Å². The van der Waals surface area contributed by atoms with E-state index in [1.54, 1.807) is 24.3 Å². The SMILES string of the molecule is Cc1ccc2cc(C(=O)c3ccc(N)c(Cl)c3)ccc2n1. The molecule has 0 aliphatic carbocycles. The molecule has 0 amide bonds. The number of nitrogens with zero attached hydrogens (tertiary/aromatic N) is 1. The zero-order valence-corrected chi connectivity index (χ0v) is 12.2. The number of hydrogen-bond acceptors (Lipinski definition) is 3. The molecule has 1 aromatic heterocycles. The van der Waals surface area contributed by atoms with Crippen molar-refractivity contribution in [3.05, 3.63) is 70.4 Å². The van der Waals surface area contributed by atoms with E-state index in [9.17, 15) is 4.79 Å². The lowest BCUT2D eigenvalue weighted by Crippen LogP contribution is -2.02. The first-order valence-corrected chi connectivity index (χ1v) is 6.89. The molecule has 3 rings (SSSR count). The van der Waals surface area contributed by atoms with Gasteiger partial charge in [0.1, 0.15) is 0 Å². The molecular formula is C17H13ClN2O. The van der Waals surface area contributed by atoms with Crippen LogP contribution >= 0.6 is 11.6 Å². The molecule has 0 aliphatic rings. The Labute approximate surface area is 127 Å². The third kappa shape index (κ3) is 2.60. The molecule has 2 N–H and O–H groups in total. The van der Waals surface area contributed by atoms with Crippen molar-refractivity contribution >= 4 is 34.0 Å². The minimum Gasteiger partial charge on any atom is -0.398 e. The summed E-state index contributed by atoms with van der Waals surface area (Å²) < 4.78 is 0. The topological polar surface area (TPSA) is 56.0 Å². The Bertz CT molecular complexity index is 859. The van der Waals surface area contributed by atoms with Crippen LogP contribution in [0, 0.1) is 6.92 Å². The molecule has 1 heterocycles. The number of nitrogen functional groups attached to an aromatic ring is 1. The second-order valence-electron chi connectivity index (χ2n) is 4.93. The van der Waals surface area contributed by atoms with E-state index in [-0.39, 0.29) is 5.78 Å². The lowest BCUT2D eigenvalue weighted by molar-refractivity contribution is 0.103. The summed E-state index contributed by atoms with van der Waals surface area (Å²) in [7, 11) is 0. The standard InChI is InChI=1S/C17H13ClN2O/c1-10-2-3-11-8-12(5-7-16(11)20-10)17(21)13-4-6-15(19)14(18)9-13/h2-9H,19H2,1H3. The minimum atomic E-state index is -0.0839. The number of benzene rings is 2. The molecule has 0 atom stereocenters. The van der Waals surface area contributed by atoms with Gasteiger partial charge in [-0.25, -0.2) is 0 Å². The van der Waals surface area contributed by atoms with Crippen molar-refractivity contribution in [2.45, 2.75) is 6.92 Å². The highest BCUT2D eigenvalue weighted by atomic mass is 35.5. The summed E-state index contributed by atoms with van der Waals surface area (Å²) in [5, 5.41) is 1.33. The van der Waals surface area contributed by atoms with Crippen LogP contribution < -0.4 is 5.73 Å². The Morgan fingerprint density at radius 2 is 1.76 bits per heavy atom. The number of hydrogen-bond donors (Lipinski definition) is 1. The quantitative estimate of drug-likeness (QED) is 0.574. The number of rotatable bonds is 2. The highest BCUT2D eigenvalue weighted by molar-refractivity contribution is 6.33. The van der Waals surface area contributed by atoms with Crippen molar-refractivity contribution in [2.24, 2.45) is 0 Å². The van der Waals surface area contributed by atoms with Crippen LogP contribution in [0.1, 0.15) is 21.6 Å². The zero-order valence-electron chi connectivity index (χ0n) is 11.4. The first-order valence-electron chi connectivity index (χ1n) is 6.52. The van der Waals surface area contributed by atoms with Gasteiger partial charge in [-0.05, 0) is 49.4 Å². The van der Waals surface area contributed by atoms with E-state index in [4.69, 9.17) is 17.3 Å². The summed E-state index contributed by atoms with van der Waals surface area (Å²) in [5.41, 5.74) is 9.08. The summed E-state index contributed by atoms with van der Waals surface area (Å²) >= 11 is 5.97. The van der Waals surface area contributed by atoms with E-state index >= 15 is 0 Å². The van der Waals surface area contributed by atoms with Gasteiger partial charge >= 0.3 is 0 Å². The number of carbonyl (C=O) groups is 1. The summed E-state index contributed by atoms with van der Waals surface area (Å²) in [6.45, 7) is 1.94. The Balaban J connectivity index is 2.04. The third-order valence-corrected chi connectivity index (χ3v) is 3.68. The van der Waals surface area contributed by atoms with Crippen molar-refractivity contribution in [3.63, 3.8) is 0 Å². The maximum Gasteiger partial charge on any atom is 0.193 e. The van der Waals surface area contributed by atoms with Crippen molar-refractivity contribution in [1.29, 1.82) is 0 Å². The van der Waals surface area contributed by atoms with Gasteiger partial charge in [0.2, 0.25) is 0 Å². The number of aromatic nitrogens is 1. The van der Waals surface area contributed by atoms with Crippen LogP contribution in [-0.2, 0) is 0 Å². The molecule has 21 heavy (non-hydrogen) atoms. The van der Waals surface area contributed by atoms with Crippen LogP contribution in [0.5, 0.6) is 0 Å². The Morgan fingerprint density at radius 3 is 2.52 bits per heavy atom. The van der Waals surface area contributed by atoms with Gasteiger partial charge in [0, 0.05) is 22.2 Å². The average molecular weight is 297 g/mol. The Hall–Kier alpha value is -2.39. The van der Waals surface area contributed by atoms with Crippen LogP contribution in [0.3, 0.4) is 0 Å². The zero-order chi connectivity index (χ0) is 15.0. The van der Waals surface area contributed by atoms with Gasteiger partial charge in [0.15, 0.2) is 5.78 Å². The Morgan fingerprint density at radius 1 is 1.05 bits per heavy atom. The molecule has 2 aromatic carbocycles. The summed E-state index contributed by atoms with van der Waals surface area (Å²) in [5.74, 6) is -0.0839. The third-order valence-electron chi connectivity index (χ3n) is 3.35. The first kappa shape index (κ1) is 13.6. The number of ketones is 1. The lowest BCUT2D eigenvalue weighted by Gasteiger charge is -2.05. The number of carbonyl (C=O) groups excluding carboxylic acids is 1. The largest absolute Gasteiger partial charge is 0.398 e. The van der Waals surface area contributed by atoms with Crippen LogP contribution in [-0.4, -0.2) is 10.8 Å². The second-order valence-corrected chi connectivity index (χ2v) is 5.33. The van der Waals surface area contributed by atoms with Gasteiger partial charge in [-0.1, -0.05) is 17.7 Å². The summed E-state index contributed by atoms with van der Waals surface area (Å²) in [6.07, 6.45) is 0. The fraction of sp³-hybridized carbons (Fsp3) is 0.0588. The molecule has 104 valence electrons. The predicted octanol–water partition coefficient (Wildman–Crippen LogP) is 4.01. The first-order chi connectivity index (χ1) is 10.0. The van der Waals surface area contributed by atoms with Crippen molar-refractivity contribution < 1.29 is 4.79 Å². The molecule has 0 radical (unpaired) electrons. The summed E-state index contributed by atoms with van der Waals surface area (Å²) in [6, 6.07) is 14.3. The number of halogens is 1. The van der Waals surface area contributed by atoms with Gasteiger partial charge in [-0.15, -0.1) is 0 Å². The molecule has 4 heteroatoms. The summed E-state index contributed by atoms with van der Waals surface area (Å²) in [4.78, 5) is 16.9. The monoisotopic (exact) mass is 296 g/mol.